The van der Waals surface area contributed by atoms with E-state index in [-0.39, 0.29) is 17.4 Å². The van der Waals surface area contributed by atoms with Gasteiger partial charge in [-0.25, -0.2) is 0 Å². The highest BCUT2D eigenvalue weighted by molar-refractivity contribution is 6.10. The van der Waals surface area contributed by atoms with E-state index in [0.29, 0.717) is 22.8 Å². The number of fused-ring (bicyclic) bond motifs is 2. The molecule has 1 heterocycles. The van der Waals surface area contributed by atoms with E-state index in [1.807, 2.05) is 0 Å². The molecule has 0 saturated heterocycles. The van der Waals surface area contributed by atoms with E-state index in [0.717, 1.165) is 18.4 Å². The van der Waals surface area contributed by atoms with E-state index in [9.17, 15) is 14.9 Å². The summed E-state index contributed by atoms with van der Waals surface area (Å²) in [7, 11) is 0. The van der Waals surface area contributed by atoms with Crippen molar-refractivity contribution in [2.24, 2.45) is 17.8 Å². The Morgan fingerprint density at radius 3 is 2.75 bits per heavy atom. The van der Waals surface area contributed by atoms with Crippen molar-refractivity contribution in [1.29, 1.82) is 0 Å². The highest BCUT2D eigenvalue weighted by atomic mass is 16.6. The van der Waals surface area contributed by atoms with Crippen LogP contribution >= 0.6 is 0 Å². The fourth-order valence-corrected chi connectivity index (χ4v) is 3.82. The largest absolute Gasteiger partial charge is 0.360 e. The van der Waals surface area contributed by atoms with Gasteiger partial charge in [-0.1, -0.05) is 6.42 Å². The van der Waals surface area contributed by atoms with Crippen LogP contribution in [0.3, 0.4) is 0 Å². The first-order valence-corrected chi connectivity index (χ1v) is 6.96. The zero-order valence-electron chi connectivity index (χ0n) is 10.8. The Balaban J connectivity index is 1.74. The zero-order chi connectivity index (χ0) is 13.9. The second kappa shape index (κ2) is 3.91. The highest BCUT2D eigenvalue weighted by Crippen LogP contribution is 2.58. The number of nitro groups is 1. The first-order chi connectivity index (χ1) is 9.66. The Morgan fingerprint density at radius 2 is 2.05 bits per heavy atom. The molecule has 4 rings (SSSR count). The number of benzene rings is 1. The predicted molar refractivity (Wildman–Crippen MR) is 73.6 cm³/mol. The maximum atomic E-state index is 12.6. The van der Waals surface area contributed by atoms with Crippen molar-refractivity contribution in [1.82, 2.24) is 4.98 Å². The normalized spacial score (nSPS) is 27.5. The fraction of sp³-hybridized carbons (Fsp3) is 0.400. The zero-order valence-corrected chi connectivity index (χ0v) is 10.8. The molecule has 2 saturated carbocycles. The van der Waals surface area contributed by atoms with Crippen molar-refractivity contribution in [3.63, 3.8) is 0 Å². The topological polar surface area (TPSA) is 76.0 Å². The second-order valence-corrected chi connectivity index (χ2v) is 5.84. The number of ketones is 1. The molecular formula is C15H14N2O3. The van der Waals surface area contributed by atoms with E-state index in [1.54, 1.807) is 12.3 Å². The van der Waals surface area contributed by atoms with Crippen LogP contribution in [0.1, 0.15) is 29.6 Å². The van der Waals surface area contributed by atoms with Crippen LogP contribution in [-0.4, -0.2) is 15.7 Å². The molecule has 2 aromatic rings. The van der Waals surface area contributed by atoms with Crippen LogP contribution in [-0.2, 0) is 0 Å². The van der Waals surface area contributed by atoms with E-state index < -0.39 is 4.92 Å². The predicted octanol–water partition coefficient (Wildman–Crippen LogP) is 3.30. The Morgan fingerprint density at radius 1 is 1.30 bits per heavy atom. The van der Waals surface area contributed by atoms with Crippen molar-refractivity contribution in [2.45, 2.75) is 19.3 Å². The third kappa shape index (κ3) is 1.52. The summed E-state index contributed by atoms with van der Waals surface area (Å²) in [5.74, 6) is 1.44. The van der Waals surface area contributed by atoms with Gasteiger partial charge < -0.3 is 4.98 Å². The van der Waals surface area contributed by atoms with Crippen LogP contribution in [0.15, 0.2) is 24.4 Å². The molecule has 1 aromatic carbocycles. The third-order valence-electron chi connectivity index (χ3n) is 4.85. The SMILES string of the molecule is O=C(c1c[nH]c2ccc([N+](=O)[O-])cc12)C1C2CCCC21. The van der Waals surface area contributed by atoms with E-state index in [2.05, 4.69) is 4.98 Å². The van der Waals surface area contributed by atoms with E-state index >= 15 is 0 Å². The van der Waals surface area contributed by atoms with E-state index in [1.165, 1.54) is 18.6 Å². The summed E-state index contributed by atoms with van der Waals surface area (Å²) < 4.78 is 0. The summed E-state index contributed by atoms with van der Waals surface area (Å²) in [5.41, 5.74) is 1.43. The molecule has 0 aliphatic heterocycles. The summed E-state index contributed by atoms with van der Waals surface area (Å²) in [6, 6.07) is 4.62. The molecule has 5 nitrogen and oxygen atoms in total. The summed E-state index contributed by atoms with van der Waals surface area (Å²) in [6.07, 6.45) is 5.25. The molecule has 0 spiro atoms. The average molecular weight is 270 g/mol. The van der Waals surface area contributed by atoms with E-state index in [4.69, 9.17) is 0 Å². The van der Waals surface area contributed by atoms with Gasteiger partial charge in [0.2, 0.25) is 0 Å². The molecule has 1 N–H and O–H groups in total. The van der Waals surface area contributed by atoms with Gasteiger partial charge in [0.25, 0.3) is 5.69 Å². The molecule has 2 aliphatic rings. The van der Waals surface area contributed by atoms with Gasteiger partial charge >= 0.3 is 0 Å². The van der Waals surface area contributed by atoms with Gasteiger partial charge in [-0.2, -0.15) is 0 Å². The number of Topliss-reactive ketones (excluding diaryl/α,β-unsaturated/α-hetero) is 1. The van der Waals surface area contributed by atoms with Gasteiger partial charge in [0.1, 0.15) is 0 Å². The molecule has 5 heteroatoms. The van der Waals surface area contributed by atoms with Gasteiger partial charge in [-0.05, 0) is 30.7 Å². The lowest BCUT2D eigenvalue weighted by Gasteiger charge is -2.01. The molecule has 1 aromatic heterocycles. The molecule has 0 bridgehead atoms. The average Bonchev–Trinajstić information content (AvgIpc) is 2.82. The standard InChI is InChI=1S/C15H14N2O3/c18-15(14-9-2-1-3-10(9)14)12-7-16-13-5-4-8(17(19)20)6-11(12)13/h4-7,9-10,14,16H,1-3H2. The molecule has 102 valence electrons. The first kappa shape index (κ1) is 11.6. The molecule has 2 aliphatic carbocycles. The van der Waals surface area contributed by atoms with Gasteiger partial charge in [-0.15, -0.1) is 0 Å². The minimum atomic E-state index is -0.424. The number of aromatic amines is 1. The Labute approximate surface area is 115 Å². The minimum absolute atomic E-state index is 0.0298. The number of H-pyrrole nitrogens is 1. The van der Waals surface area contributed by atoms with Crippen LogP contribution in [0.4, 0.5) is 5.69 Å². The molecule has 20 heavy (non-hydrogen) atoms. The number of nitrogens with one attached hydrogen (secondary N) is 1. The molecule has 0 radical (unpaired) electrons. The van der Waals surface area contributed by atoms with Crippen LogP contribution in [0, 0.1) is 27.9 Å². The maximum Gasteiger partial charge on any atom is 0.270 e. The minimum Gasteiger partial charge on any atom is -0.360 e. The van der Waals surface area contributed by atoms with Crippen molar-refractivity contribution in [3.8, 4) is 0 Å². The van der Waals surface area contributed by atoms with Crippen molar-refractivity contribution >= 4 is 22.4 Å². The van der Waals surface area contributed by atoms with Crippen molar-refractivity contribution in [3.05, 3.63) is 40.1 Å². The lowest BCUT2D eigenvalue weighted by molar-refractivity contribution is -0.384. The fourth-order valence-electron chi connectivity index (χ4n) is 3.82. The summed E-state index contributed by atoms with van der Waals surface area (Å²) >= 11 is 0. The Hall–Kier alpha value is -2.17. The van der Waals surface area contributed by atoms with Gasteiger partial charge in [0.05, 0.1) is 4.92 Å². The van der Waals surface area contributed by atoms with Crippen molar-refractivity contribution < 1.29 is 9.72 Å². The van der Waals surface area contributed by atoms with Gasteiger partial charge in [-0.3, -0.25) is 14.9 Å². The quantitative estimate of drug-likeness (QED) is 0.528. The number of nitro benzene ring substituents is 1. The summed E-state index contributed by atoms with van der Waals surface area (Å²) in [5, 5.41) is 11.5. The van der Waals surface area contributed by atoms with Gasteiger partial charge in [0.15, 0.2) is 5.78 Å². The van der Waals surface area contributed by atoms with Gasteiger partial charge in [0, 0.05) is 40.7 Å². The Bertz CT molecular complexity index is 724. The lowest BCUT2D eigenvalue weighted by Crippen LogP contribution is -2.05. The monoisotopic (exact) mass is 270 g/mol. The number of carbonyl (C=O) groups is 1. The summed E-state index contributed by atoms with van der Waals surface area (Å²) in [6.45, 7) is 0. The highest BCUT2D eigenvalue weighted by Gasteiger charge is 2.56. The molecule has 0 amide bonds. The smallest absolute Gasteiger partial charge is 0.270 e. The lowest BCUT2D eigenvalue weighted by atomic mass is 10.0. The second-order valence-electron chi connectivity index (χ2n) is 5.84. The number of rotatable bonds is 3. The van der Waals surface area contributed by atoms with Crippen LogP contribution < -0.4 is 0 Å². The van der Waals surface area contributed by atoms with Crippen molar-refractivity contribution in [2.75, 3.05) is 0 Å². The number of nitrogens with zero attached hydrogens (tertiary/aromatic N) is 1. The van der Waals surface area contributed by atoms with Crippen LogP contribution in [0.2, 0.25) is 0 Å². The Kier molecular flexibility index (Phi) is 2.28. The molecule has 2 atom stereocenters. The summed E-state index contributed by atoms with van der Waals surface area (Å²) in [4.78, 5) is 26.1. The van der Waals surface area contributed by atoms with Crippen LogP contribution in [0.5, 0.6) is 0 Å². The molecule has 2 fully saturated rings. The molecule has 2 unspecified atom stereocenters. The molecular weight excluding hydrogens is 256 g/mol. The number of hydrogen-bond donors (Lipinski definition) is 1. The van der Waals surface area contributed by atoms with Crippen LogP contribution in [0.25, 0.3) is 10.9 Å². The maximum absolute atomic E-state index is 12.6. The number of aromatic nitrogens is 1. The number of non-ortho nitro benzene ring substituents is 1. The number of carbonyl (C=O) groups excluding carboxylic acids is 1. The first-order valence-electron chi connectivity index (χ1n) is 6.96. The number of hydrogen-bond acceptors (Lipinski definition) is 3. The third-order valence-corrected chi connectivity index (χ3v) is 4.85.